The van der Waals surface area contributed by atoms with Crippen LogP contribution in [-0.2, 0) is 0 Å². The molecule has 0 saturated heterocycles. The summed E-state index contributed by atoms with van der Waals surface area (Å²) in [7, 11) is 0. The predicted octanol–water partition coefficient (Wildman–Crippen LogP) is 4.65. The van der Waals surface area contributed by atoms with Crippen molar-refractivity contribution in [2.24, 2.45) is 0 Å². The number of thiophene rings is 1. The quantitative estimate of drug-likeness (QED) is 0.867. The summed E-state index contributed by atoms with van der Waals surface area (Å²) >= 11 is 1.56. The maximum absolute atomic E-state index is 12.5. The molecule has 1 heterocycles. The van der Waals surface area contributed by atoms with Crippen molar-refractivity contribution in [3.05, 3.63) is 51.7 Å². The van der Waals surface area contributed by atoms with Crippen LogP contribution >= 0.6 is 11.3 Å². The summed E-state index contributed by atoms with van der Waals surface area (Å²) in [4.78, 5) is 2.08. The minimum absolute atomic E-state index is 0.165. The highest BCUT2D eigenvalue weighted by Gasteiger charge is 2.33. The summed E-state index contributed by atoms with van der Waals surface area (Å²) in [6.07, 6.45) is -4.70. The van der Waals surface area contributed by atoms with Crippen LogP contribution in [0.4, 0.5) is 13.2 Å². The fourth-order valence-electron chi connectivity index (χ4n) is 2.11. The summed E-state index contributed by atoms with van der Waals surface area (Å²) < 4.78 is 41.8. The molecule has 114 valence electrons. The van der Waals surface area contributed by atoms with E-state index in [1.165, 1.54) is 12.1 Å². The minimum Gasteiger partial charge on any atom is -0.405 e. The van der Waals surface area contributed by atoms with Crippen molar-refractivity contribution in [1.82, 2.24) is 5.32 Å². The molecule has 0 aliphatic rings. The molecule has 0 amide bonds. The Morgan fingerprint density at radius 2 is 1.90 bits per heavy atom. The molecule has 1 unspecified atom stereocenters. The van der Waals surface area contributed by atoms with E-state index in [4.69, 9.17) is 0 Å². The third-order valence-electron chi connectivity index (χ3n) is 2.91. The Kier molecular flexibility index (Phi) is 4.90. The minimum atomic E-state index is -4.70. The van der Waals surface area contributed by atoms with E-state index in [2.05, 4.69) is 10.1 Å². The summed E-state index contributed by atoms with van der Waals surface area (Å²) in [6.45, 7) is 4.53. The van der Waals surface area contributed by atoms with E-state index in [-0.39, 0.29) is 11.8 Å². The van der Waals surface area contributed by atoms with Crippen molar-refractivity contribution in [3.63, 3.8) is 0 Å². The predicted molar refractivity (Wildman–Crippen MR) is 77.7 cm³/mol. The third kappa shape index (κ3) is 4.22. The first-order valence-electron chi connectivity index (χ1n) is 6.55. The van der Waals surface area contributed by atoms with Gasteiger partial charge in [-0.2, -0.15) is 0 Å². The van der Waals surface area contributed by atoms with Crippen LogP contribution < -0.4 is 10.1 Å². The Labute approximate surface area is 125 Å². The Bertz CT molecular complexity index is 595. The molecule has 0 radical (unpaired) electrons. The van der Waals surface area contributed by atoms with Gasteiger partial charge in [0.15, 0.2) is 0 Å². The van der Waals surface area contributed by atoms with Gasteiger partial charge in [-0.3, -0.25) is 0 Å². The summed E-state index contributed by atoms with van der Waals surface area (Å²) in [6, 6.07) is 9.82. The monoisotopic (exact) mass is 315 g/mol. The van der Waals surface area contributed by atoms with Crippen molar-refractivity contribution in [3.8, 4) is 5.75 Å². The van der Waals surface area contributed by atoms with Gasteiger partial charge in [0, 0.05) is 15.3 Å². The lowest BCUT2D eigenvalue weighted by atomic mass is 10.0. The highest BCUT2D eigenvalue weighted by Crippen LogP contribution is 2.35. The molecule has 2 aromatic rings. The van der Waals surface area contributed by atoms with Crippen LogP contribution in [0.3, 0.4) is 0 Å². The number of para-hydroxylation sites is 1. The van der Waals surface area contributed by atoms with Crippen LogP contribution in [0.5, 0.6) is 5.75 Å². The van der Waals surface area contributed by atoms with E-state index in [1.54, 1.807) is 23.5 Å². The molecule has 0 aliphatic carbocycles. The fourth-order valence-corrected chi connectivity index (χ4v) is 3.09. The molecule has 0 spiro atoms. The number of hydrogen-bond donors (Lipinski definition) is 1. The van der Waals surface area contributed by atoms with Gasteiger partial charge in [0.25, 0.3) is 0 Å². The zero-order chi connectivity index (χ0) is 15.5. The second-order valence-electron chi connectivity index (χ2n) is 4.52. The molecule has 1 N–H and O–H groups in total. The van der Waals surface area contributed by atoms with E-state index in [0.717, 1.165) is 9.75 Å². The number of nitrogens with one attached hydrogen (secondary N) is 1. The first-order chi connectivity index (χ1) is 9.90. The second-order valence-corrected chi connectivity index (χ2v) is 5.84. The fraction of sp³-hybridized carbons (Fsp3) is 0.333. The number of halogens is 3. The molecule has 2 rings (SSSR count). The van der Waals surface area contributed by atoms with Gasteiger partial charge in [-0.15, -0.1) is 24.5 Å². The van der Waals surface area contributed by atoms with Crippen LogP contribution in [0.15, 0.2) is 36.4 Å². The van der Waals surface area contributed by atoms with Crippen molar-refractivity contribution >= 4 is 11.3 Å². The highest BCUT2D eigenvalue weighted by molar-refractivity contribution is 7.12. The Hall–Kier alpha value is -1.53. The van der Waals surface area contributed by atoms with E-state index in [1.807, 2.05) is 26.0 Å². The topological polar surface area (TPSA) is 21.3 Å². The molecular weight excluding hydrogens is 299 g/mol. The zero-order valence-corrected chi connectivity index (χ0v) is 12.5. The number of aryl methyl sites for hydroxylation is 1. The van der Waals surface area contributed by atoms with Gasteiger partial charge in [-0.05, 0) is 31.7 Å². The molecule has 0 aliphatic heterocycles. The molecule has 2 nitrogen and oxygen atoms in total. The second kappa shape index (κ2) is 6.49. The molecule has 0 saturated carbocycles. The maximum atomic E-state index is 12.5. The number of hydrogen-bond acceptors (Lipinski definition) is 3. The van der Waals surface area contributed by atoms with Gasteiger partial charge in [0.05, 0.1) is 6.04 Å². The smallest absolute Gasteiger partial charge is 0.405 e. The van der Waals surface area contributed by atoms with Crippen LogP contribution in [0.1, 0.15) is 28.3 Å². The summed E-state index contributed by atoms with van der Waals surface area (Å²) in [5.74, 6) is -0.165. The lowest BCUT2D eigenvalue weighted by Gasteiger charge is -2.21. The first-order valence-corrected chi connectivity index (χ1v) is 7.36. The van der Waals surface area contributed by atoms with Crippen molar-refractivity contribution in [2.45, 2.75) is 26.3 Å². The van der Waals surface area contributed by atoms with Gasteiger partial charge in [0.1, 0.15) is 5.75 Å². The number of rotatable bonds is 5. The van der Waals surface area contributed by atoms with Gasteiger partial charge >= 0.3 is 6.36 Å². The summed E-state index contributed by atoms with van der Waals surface area (Å²) in [5.41, 5.74) is 0.485. The molecule has 1 atom stereocenters. The SMILES string of the molecule is CCNC(c1ccc(C)s1)c1ccccc1OC(F)(F)F. The van der Waals surface area contributed by atoms with E-state index in [0.29, 0.717) is 12.1 Å². The standard InChI is InChI=1S/C15H16F3NOS/c1-3-19-14(13-9-8-10(2)21-13)11-6-4-5-7-12(11)20-15(16,17)18/h4-9,14,19H,3H2,1-2H3. The van der Waals surface area contributed by atoms with Crippen molar-refractivity contribution < 1.29 is 17.9 Å². The molecule has 1 aromatic carbocycles. The summed E-state index contributed by atoms with van der Waals surface area (Å²) in [5, 5.41) is 3.22. The average molecular weight is 315 g/mol. The molecule has 0 bridgehead atoms. The van der Waals surface area contributed by atoms with Gasteiger partial charge in [-0.25, -0.2) is 0 Å². The molecule has 21 heavy (non-hydrogen) atoms. The molecule has 6 heteroatoms. The Balaban J connectivity index is 2.41. The molecule has 1 aromatic heterocycles. The van der Waals surface area contributed by atoms with Crippen LogP contribution in [0.2, 0.25) is 0 Å². The van der Waals surface area contributed by atoms with Gasteiger partial charge in [0.2, 0.25) is 0 Å². The zero-order valence-electron chi connectivity index (χ0n) is 11.7. The third-order valence-corrected chi connectivity index (χ3v) is 3.98. The lowest BCUT2D eigenvalue weighted by Crippen LogP contribution is -2.24. The number of benzene rings is 1. The molecular formula is C15H16F3NOS. The Morgan fingerprint density at radius 1 is 1.19 bits per heavy atom. The largest absolute Gasteiger partial charge is 0.573 e. The maximum Gasteiger partial charge on any atom is 0.573 e. The van der Waals surface area contributed by atoms with Gasteiger partial charge < -0.3 is 10.1 Å². The van der Waals surface area contributed by atoms with E-state index >= 15 is 0 Å². The lowest BCUT2D eigenvalue weighted by molar-refractivity contribution is -0.275. The van der Waals surface area contributed by atoms with Crippen LogP contribution in [0.25, 0.3) is 0 Å². The highest BCUT2D eigenvalue weighted by atomic mass is 32.1. The van der Waals surface area contributed by atoms with E-state index < -0.39 is 6.36 Å². The average Bonchev–Trinajstić information content (AvgIpc) is 2.82. The van der Waals surface area contributed by atoms with Gasteiger partial charge in [-0.1, -0.05) is 25.1 Å². The number of alkyl halides is 3. The van der Waals surface area contributed by atoms with Crippen LogP contribution in [0, 0.1) is 6.92 Å². The van der Waals surface area contributed by atoms with Crippen molar-refractivity contribution in [1.29, 1.82) is 0 Å². The molecule has 0 fully saturated rings. The normalized spacial score (nSPS) is 13.2. The number of ether oxygens (including phenoxy) is 1. The van der Waals surface area contributed by atoms with E-state index in [9.17, 15) is 13.2 Å². The first kappa shape index (κ1) is 15.9. The Morgan fingerprint density at radius 3 is 2.48 bits per heavy atom. The van der Waals surface area contributed by atoms with Crippen molar-refractivity contribution in [2.75, 3.05) is 6.54 Å². The van der Waals surface area contributed by atoms with Crippen LogP contribution in [-0.4, -0.2) is 12.9 Å².